The van der Waals surface area contributed by atoms with Crippen LogP contribution in [0.2, 0.25) is 0 Å². The zero-order valence-corrected chi connectivity index (χ0v) is 25.1. The predicted octanol–water partition coefficient (Wildman–Crippen LogP) is 7.38. The molecule has 0 amide bonds. The van der Waals surface area contributed by atoms with Crippen molar-refractivity contribution in [2.45, 2.75) is 26.6 Å². The van der Waals surface area contributed by atoms with E-state index in [1.165, 1.54) is 0 Å². The zero-order chi connectivity index (χ0) is 30.2. The van der Waals surface area contributed by atoms with Crippen LogP contribution in [0, 0.1) is 6.92 Å². The molecule has 0 aromatic heterocycles. The van der Waals surface area contributed by atoms with E-state index in [0.29, 0.717) is 42.3 Å². The van der Waals surface area contributed by atoms with Crippen molar-refractivity contribution in [2.24, 2.45) is 0 Å². The van der Waals surface area contributed by atoms with Crippen LogP contribution in [0.4, 0.5) is 11.4 Å². The predicted molar refractivity (Wildman–Crippen MR) is 173 cm³/mol. The highest BCUT2D eigenvalue weighted by Gasteiger charge is 2.16. The number of ether oxygens (including phenoxy) is 1. The summed E-state index contributed by atoms with van der Waals surface area (Å²) in [6.07, 6.45) is 1.15. The fraction of sp³-hybridized carbons (Fsp3) is 0.139. The van der Waals surface area contributed by atoms with Gasteiger partial charge in [-0.05, 0) is 53.4 Å². The van der Waals surface area contributed by atoms with Crippen molar-refractivity contribution >= 4 is 27.2 Å². The smallest absolute Gasteiger partial charge is 0.229 e. The SMILES string of the molecule is Cc1c(NS(C)(=O)=O)cccc1N(Cc1ccccc1)Cc1ccc(C(=O)c2cccc(OCc3ccccc3)c2)cc1. The van der Waals surface area contributed by atoms with E-state index in [9.17, 15) is 13.2 Å². The molecule has 0 heterocycles. The molecular weight excluding hydrogens is 556 g/mol. The second-order valence-electron chi connectivity index (χ2n) is 10.5. The van der Waals surface area contributed by atoms with Crippen molar-refractivity contribution in [3.63, 3.8) is 0 Å². The molecule has 0 aliphatic heterocycles. The summed E-state index contributed by atoms with van der Waals surface area (Å²) in [5.41, 5.74) is 6.68. The third-order valence-corrected chi connectivity index (χ3v) is 7.68. The van der Waals surface area contributed by atoms with E-state index in [1.807, 2.05) is 104 Å². The van der Waals surface area contributed by atoms with Crippen molar-refractivity contribution in [1.82, 2.24) is 0 Å². The molecule has 0 saturated carbocycles. The van der Waals surface area contributed by atoms with E-state index in [2.05, 4.69) is 21.8 Å². The van der Waals surface area contributed by atoms with Gasteiger partial charge >= 0.3 is 0 Å². The average molecular weight is 591 g/mol. The molecular formula is C36H34N2O4S. The molecule has 1 N–H and O–H groups in total. The van der Waals surface area contributed by atoms with Gasteiger partial charge in [0, 0.05) is 29.9 Å². The second-order valence-corrected chi connectivity index (χ2v) is 12.2. The maximum Gasteiger partial charge on any atom is 0.229 e. The minimum atomic E-state index is -3.42. The number of anilines is 2. The highest BCUT2D eigenvalue weighted by Crippen LogP contribution is 2.30. The van der Waals surface area contributed by atoms with Crippen LogP contribution in [0.15, 0.2) is 127 Å². The topological polar surface area (TPSA) is 75.7 Å². The lowest BCUT2D eigenvalue weighted by atomic mass is 10.0. The number of rotatable bonds is 12. The molecule has 5 aromatic carbocycles. The largest absolute Gasteiger partial charge is 0.489 e. The zero-order valence-electron chi connectivity index (χ0n) is 24.2. The highest BCUT2D eigenvalue weighted by atomic mass is 32.2. The molecule has 5 rings (SSSR count). The van der Waals surface area contributed by atoms with Crippen molar-refractivity contribution in [1.29, 1.82) is 0 Å². The van der Waals surface area contributed by atoms with Crippen LogP contribution in [0.5, 0.6) is 5.75 Å². The van der Waals surface area contributed by atoms with E-state index in [-0.39, 0.29) is 5.78 Å². The summed E-state index contributed by atoms with van der Waals surface area (Å²) in [6.45, 7) is 3.54. The molecule has 0 unspecified atom stereocenters. The molecule has 6 nitrogen and oxygen atoms in total. The van der Waals surface area contributed by atoms with E-state index >= 15 is 0 Å². The molecule has 5 aromatic rings. The highest BCUT2D eigenvalue weighted by molar-refractivity contribution is 7.92. The molecule has 0 aliphatic rings. The Hall–Kier alpha value is -4.88. The van der Waals surface area contributed by atoms with Gasteiger partial charge in [0.2, 0.25) is 10.0 Å². The first-order valence-corrected chi connectivity index (χ1v) is 15.9. The van der Waals surface area contributed by atoms with Crippen molar-refractivity contribution in [3.05, 3.63) is 161 Å². The van der Waals surface area contributed by atoms with Crippen LogP contribution >= 0.6 is 0 Å². The maximum atomic E-state index is 13.3. The van der Waals surface area contributed by atoms with Crippen LogP contribution < -0.4 is 14.4 Å². The van der Waals surface area contributed by atoms with Crippen molar-refractivity contribution in [3.8, 4) is 5.75 Å². The van der Waals surface area contributed by atoms with Gasteiger partial charge in [0.15, 0.2) is 5.78 Å². The first-order valence-electron chi connectivity index (χ1n) is 14.0. The molecule has 0 fully saturated rings. The third-order valence-electron chi connectivity index (χ3n) is 7.09. The lowest BCUT2D eigenvalue weighted by molar-refractivity contribution is 0.103. The molecule has 0 spiro atoms. The second kappa shape index (κ2) is 13.4. The van der Waals surface area contributed by atoms with Crippen LogP contribution in [-0.2, 0) is 29.7 Å². The quantitative estimate of drug-likeness (QED) is 0.153. The number of nitrogens with one attached hydrogen (secondary N) is 1. The number of nitrogens with zero attached hydrogens (tertiary/aromatic N) is 1. The molecule has 0 bridgehead atoms. The van der Waals surface area contributed by atoms with Gasteiger partial charge < -0.3 is 9.64 Å². The van der Waals surface area contributed by atoms with Gasteiger partial charge in [-0.15, -0.1) is 0 Å². The lowest BCUT2D eigenvalue weighted by Gasteiger charge is -2.28. The number of hydrogen-bond acceptors (Lipinski definition) is 5. The van der Waals surface area contributed by atoms with Gasteiger partial charge in [0.25, 0.3) is 0 Å². The van der Waals surface area contributed by atoms with Gasteiger partial charge in [-0.1, -0.05) is 103 Å². The fourth-order valence-corrected chi connectivity index (χ4v) is 5.54. The number of benzene rings is 5. The minimum absolute atomic E-state index is 0.0757. The summed E-state index contributed by atoms with van der Waals surface area (Å²) < 4.78 is 32.5. The fourth-order valence-electron chi connectivity index (χ4n) is 4.92. The standard InChI is InChI=1S/C36H34N2O4S/c1-27-34(37-43(2,40)41)17-10-18-35(27)38(24-28-11-5-3-6-12-28)25-29-19-21-31(22-20-29)36(39)32-15-9-16-33(23-32)42-26-30-13-7-4-8-14-30/h3-23,37H,24-26H2,1-2H3. The monoisotopic (exact) mass is 590 g/mol. The Morgan fingerprint density at radius 2 is 1.30 bits per heavy atom. The van der Waals surface area contributed by atoms with Gasteiger partial charge in [-0.25, -0.2) is 8.42 Å². The molecule has 43 heavy (non-hydrogen) atoms. The Morgan fingerprint density at radius 3 is 1.95 bits per heavy atom. The van der Waals surface area contributed by atoms with Crippen LogP contribution in [0.1, 0.15) is 38.2 Å². The molecule has 7 heteroatoms. The summed E-state index contributed by atoms with van der Waals surface area (Å²) in [7, 11) is -3.42. The Labute approximate surface area is 253 Å². The summed E-state index contributed by atoms with van der Waals surface area (Å²) in [5, 5.41) is 0. The van der Waals surface area contributed by atoms with E-state index in [0.717, 1.165) is 34.2 Å². The minimum Gasteiger partial charge on any atom is -0.489 e. The van der Waals surface area contributed by atoms with Gasteiger partial charge in [-0.3, -0.25) is 9.52 Å². The number of hydrogen-bond donors (Lipinski definition) is 1. The number of carbonyl (C=O) groups excluding carboxylic acids is 1. The van der Waals surface area contributed by atoms with Crippen molar-refractivity contribution in [2.75, 3.05) is 15.9 Å². The third kappa shape index (κ3) is 8.11. The molecule has 0 atom stereocenters. The summed E-state index contributed by atoms with van der Waals surface area (Å²) in [6, 6.07) is 40.6. The maximum absolute atomic E-state index is 13.3. The summed E-state index contributed by atoms with van der Waals surface area (Å²) in [5.74, 6) is 0.569. The first kappa shape index (κ1) is 29.6. The van der Waals surface area contributed by atoms with Gasteiger partial charge in [0.1, 0.15) is 12.4 Å². The Balaban J connectivity index is 1.34. The normalized spacial score (nSPS) is 11.1. The Bertz CT molecular complexity index is 1790. The average Bonchev–Trinajstić information content (AvgIpc) is 3.01. The molecule has 0 radical (unpaired) electrons. The van der Waals surface area contributed by atoms with Crippen LogP contribution in [0.25, 0.3) is 0 Å². The molecule has 218 valence electrons. The van der Waals surface area contributed by atoms with Gasteiger partial charge in [-0.2, -0.15) is 0 Å². The van der Waals surface area contributed by atoms with E-state index in [4.69, 9.17) is 4.74 Å². The number of carbonyl (C=O) groups is 1. The van der Waals surface area contributed by atoms with Crippen LogP contribution in [-0.4, -0.2) is 20.5 Å². The van der Waals surface area contributed by atoms with Gasteiger partial charge in [0.05, 0.1) is 11.9 Å². The number of sulfonamides is 1. The lowest BCUT2D eigenvalue weighted by Crippen LogP contribution is -2.23. The Kier molecular flexibility index (Phi) is 9.23. The van der Waals surface area contributed by atoms with E-state index < -0.39 is 10.0 Å². The summed E-state index contributed by atoms with van der Waals surface area (Å²) in [4.78, 5) is 15.6. The molecule has 0 aliphatic carbocycles. The first-order chi connectivity index (χ1) is 20.7. The molecule has 0 saturated heterocycles. The van der Waals surface area contributed by atoms with Crippen molar-refractivity contribution < 1.29 is 17.9 Å². The van der Waals surface area contributed by atoms with E-state index in [1.54, 1.807) is 18.2 Å². The Morgan fingerprint density at radius 1 is 0.698 bits per heavy atom. The van der Waals surface area contributed by atoms with Crippen LogP contribution in [0.3, 0.4) is 0 Å². The summed E-state index contributed by atoms with van der Waals surface area (Å²) >= 11 is 0. The number of ketones is 1.